The molecule has 22 heavy (non-hydrogen) atoms. The molecule has 0 saturated heterocycles. The summed E-state index contributed by atoms with van der Waals surface area (Å²) in [6, 6.07) is 12.4. The Hall–Kier alpha value is -1.94. The van der Waals surface area contributed by atoms with E-state index in [1.165, 1.54) is 18.2 Å². The van der Waals surface area contributed by atoms with Gasteiger partial charge in [0, 0.05) is 16.1 Å². The first-order chi connectivity index (χ1) is 10.5. The molecule has 0 radical (unpaired) electrons. The van der Waals surface area contributed by atoms with Crippen LogP contribution in [0.15, 0.2) is 53.0 Å². The van der Waals surface area contributed by atoms with Gasteiger partial charge in [-0.05, 0) is 49.2 Å². The lowest BCUT2D eigenvalue weighted by Crippen LogP contribution is -2.25. The lowest BCUT2D eigenvalue weighted by atomic mass is 10.0. The molecule has 0 bridgehead atoms. The fourth-order valence-corrected chi connectivity index (χ4v) is 2.60. The zero-order chi connectivity index (χ0) is 16.1. The van der Waals surface area contributed by atoms with E-state index in [1.54, 1.807) is 12.1 Å². The van der Waals surface area contributed by atoms with E-state index in [4.69, 9.17) is 0 Å². The van der Waals surface area contributed by atoms with Crippen LogP contribution in [0.3, 0.4) is 0 Å². The van der Waals surface area contributed by atoms with Crippen molar-refractivity contribution in [1.82, 2.24) is 5.32 Å². The molecule has 0 aliphatic carbocycles. The van der Waals surface area contributed by atoms with Gasteiger partial charge in [0.15, 0.2) is 0 Å². The van der Waals surface area contributed by atoms with Gasteiger partial charge in [-0.25, -0.2) is 4.39 Å². The third kappa shape index (κ3) is 4.28. The zero-order valence-electron chi connectivity index (χ0n) is 12.4. The number of carbonyl (C=O) groups is 1. The number of hydrogen-bond donors (Lipinski definition) is 1. The molecular weight excluding hydrogens is 345 g/mol. The van der Waals surface area contributed by atoms with Crippen LogP contribution in [-0.4, -0.2) is 5.91 Å². The topological polar surface area (TPSA) is 29.1 Å². The Morgan fingerprint density at radius 2 is 2.00 bits per heavy atom. The molecule has 0 aliphatic rings. The molecule has 0 saturated carbocycles. The van der Waals surface area contributed by atoms with Crippen LogP contribution in [0.1, 0.15) is 29.7 Å². The van der Waals surface area contributed by atoms with Gasteiger partial charge >= 0.3 is 0 Å². The van der Waals surface area contributed by atoms with Crippen LogP contribution in [0, 0.1) is 12.7 Å². The molecule has 2 rings (SSSR count). The maximum absolute atomic E-state index is 13.6. The summed E-state index contributed by atoms with van der Waals surface area (Å²) in [4.78, 5) is 12.0. The fourth-order valence-electron chi connectivity index (χ4n) is 2.22. The average Bonchev–Trinajstić information content (AvgIpc) is 2.48. The molecule has 1 amide bonds. The largest absolute Gasteiger partial charge is 0.346 e. The van der Waals surface area contributed by atoms with Crippen LogP contribution in [0.2, 0.25) is 0 Å². The summed E-state index contributed by atoms with van der Waals surface area (Å²) in [5.41, 5.74) is 2.56. The van der Waals surface area contributed by atoms with Gasteiger partial charge in [-0.3, -0.25) is 4.79 Å². The summed E-state index contributed by atoms with van der Waals surface area (Å²) >= 11 is 3.28. The van der Waals surface area contributed by atoms with E-state index >= 15 is 0 Å². The summed E-state index contributed by atoms with van der Waals surface area (Å²) in [5.74, 6) is -0.616. The van der Waals surface area contributed by atoms with Crippen molar-refractivity contribution in [3.05, 3.63) is 75.5 Å². The van der Waals surface area contributed by atoms with Gasteiger partial charge in [0.2, 0.25) is 5.91 Å². The minimum atomic E-state index is -0.362. The molecule has 0 spiro atoms. The number of carbonyl (C=O) groups excluding carboxylic acids is 1. The normalized spacial score (nSPS) is 12.4. The van der Waals surface area contributed by atoms with Gasteiger partial charge in [0.05, 0.1) is 6.04 Å². The molecule has 0 aromatic heterocycles. The van der Waals surface area contributed by atoms with Crippen molar-refractivity contribution in [3.8, 4) is 0 Å². The molecule has 0 heterocycles. The van der Waals surface area contributed by atoms with E-state index in [0.717, 1.165) is 15.6 Å². The molecule has 2 aromatic rings. The molecule has 1 atom stereocenters. The van der Waals surface area contributed by atoms with Crippen molar-refractivity contribution in [2.24, 2.45) is 0 Å². The lowest BCUT2D eigenvalue weighted by Gasteiger charge is -2.15. The predicted octanol–water partition coefficient (Wildman–Crippen LogP) is 4.79. The van der Waals surface area contributed by atoms with E-state index in [0.29, 0.717) is 5.56 Å². The molecule has 0 unspecified atom stereocenters. The first kappa shape index (κ1) is 16.4. The Morgan fingerprint density at radius 1 is 1.27 bits per heavy atom. The summed E-state index contributed by atoms with van der Waals surface area (Å²) < 4.78 is 14.4. The van der Waals surface area contributed by atoms with Gasteiger partial charge in [-0.15, -0.1) is 0 Å². The summed E-state index contributed by atoms with van der Waals surface area (Å²) in [6.07, 6.45) is 2.82. The number of aryl methyl sites for hydroxylation is 1. The van der Waals surface area contributed by atoms with Gasteiger partial charge < -0.3 is 5.32 Å². The summed E-state index contributed by atoms with van der Waals surface area (Å²) in [7, 11) is 0. The van der Waals surface area contributed by atoms with E-state index in [2.05, 4.69) is 21.2 Å². The maximum atomic E-state index is 13.6. The van der Waals surface area contributed by atoms with E-state index < -0.39 is 0 Å². The highest BCUT2D eigenvalue weighted by molar-refractivity contribution is 9.10. The summed E-state index contributed by atoms with van der Waals surface area (Å²) in [5, 5.41) is 2.88. The number of nitrogens with one attached hydrogen (secondary N) is 1. The Bertz CT molecular complexity index is 712. The van der Waals surface area contributed by atoms with Gasteiger partial charge in [-0.1, -0.05) is 40.2 Å². The van der Waals surface area contributed by atoms with Crippen LogP contribution >= 0.6 is 15.9 Å². The SMILES string of the molecule is Cc1ccccc1[C@@H](C)NC(=O)/C=C/c1cc(Br)ccc1F. The Kier molecular flexibility index (Phi) is 5.50. The molecule has 0 fully saturated rings. The zero-order valence-corrected chi connectivity index (χ0v) is 14.0. The quantitative estimate of drug-likeness (QED) is 0.779. The number of halogens is 2. The van der Waals surface area contributed by atoms with Crippen molar-refractivity contribution >= 4 is 27.9 Å². The predicted molar refractivity (Wildman–Crippen MR) is 90.9 cm³/mol. The van der Waals surface area contributed by atoms with E-state index in [1.807, 2.05) is 38.1 Å². The minimum absolute atomic E-state index is 0.106. The van der Waals surface area contributed by atoms with E-state index in [9.17, 15) is 9.18 Å². The Balaban J connectivity index is 2.05. The van der Waals surface area contributed by atoms with Crippen molar-refractivity contribution in [2.75, 3.05) is 0 Å². The van der Waals surface area contributed by atoms with E-state index in [-0.39, 0.29) is 17.8 Å². The maximum Gasteiger partial charge on any atom is 0.244 e. The number of rotatable bonds is 4. The highest BCUT2D eigenvalue weighted by Gasteiger charge is 2.09. The second-order valence-corrected chi connectivity index (χ2v) is 6.00. The second kappa shape index (κ2) is 7.36. The monoisotopic (exact) mass is 361 g/mol. The minimum Gasteiger partial charge on any atom is -0.346 e. The molecule has 114 valence electrons. The Labute approximate surface area is 138 Å². The molecule has 2 nitrogen and oxygen atoms in total. The third-order valence-corrected chi connectivity index (χ3v) is 3.88. The lowest BCUT2D eigenvalue weighted by molar-refractivity contribution is -0.117. The van der Waals surface area contributed by atoms with Crippen molar-refractivity contribution in [2.45, 2.75) is 19.9 Å². The van der Waals surface area contributed by atoms with Crippen LogP contribution in [0.5, 0.6) is 0 Å². The molecule has 1 N–H and O–H groups in total. The smallest absolute Gasteiger partial charge is 0.244 e. The number of benzene rings is 2. The fraction of sp³-hybridized carbons (Fsp3) is 0.167. The van der Waals surface area contributed by atoms with Crippen LogP contribution in [0.25, 0.3) is 6.08 Å². The van der Waals surface area contributed by atoms with Gasteiger partial charge in [0.1, 0.15) is 5.82 Å². The van der Waals surface area contributed by atoms with Crippen LogP contribution < -0.4 is 5.32 Å². The first-order valence-electron chi connectivity index (χ1n) is 6.96. The second-order valence-electron chi connectivity index (χ2n) is 5.09. The highest BCUT2D eigenvalue weighted by Crippen LogP contribution is 2.18. The molecule has 0 aliphatic heterocycles. The molecular formula is C18H17BrFNO. The van der Waals surface area contributed by atoms with Gasteiger partial charge in [-0.2, -0.15) is 0 Å². The standard InChI is InChI=1S/C18H17BrFNO/c1-12-5-3-4-6-16(12)13(2)21-18(22)10-7-14-11-15(19)8-9-17(14)20/h3-11,13H,1-2H3,(H,21,22)/b10-7+/t13-/m1/s1. The number of amides is 1. The van der Waals surface area contributed by atoms with Crippen molar-refractivity contribution in [3.63, 3.8) is 0 Å². The van der Waals surface area contributed by atoms with Crippen LogP contribution in [-0.2, 0) is 4.79 Å². The average molecular weight is 362 g/mol. The van der Waals surface area contributed by atoms with Crippen molar-refractivity contribution < 1.29 is 9.18 Å². The van der Waals surface area contributed by atoms with Crippen molar-refractivity contribution in [1.29, 1.82) is 0 Å². The Morgan fingerprint density at radius 3 is 2.73 bits per heavy atom. The first-order valence-corrected chi connectivity index (χ1v) is 7.76. The highest BCUT2D eigenvalue weighted by atomic mass is 79.9. The molecule has 2 aromatic carbocycles. The third-order valence-electron chi connectivity index (χ3n) is 3.39. The molecule has 4 heteroatoms. The number of hydrogen-bond acceptors (Lipinski definition) is 1. The van der Waals surface area contributed by atoms with Crippen LogP contribution in [0.4, 0.5) is 4.39 Å². The summed E-state index contributed by atoms with van der Waals surface area (Å²) in [6.45, 7) is 3.93. The van der Waals surface area contributed by atoms with Gasteiger partial charge in [0.25, 0.3) is 0 Å².